The Morgan fingerprint density at radius 1 is 1.53 bits per heavy atom. The number of carboxylic acid groups (broad SMARTS) is 1. The molecule has 0 amide bonds. The van der Waals surface area contributed by atoms with Crippen LogP contribution in [0.4, 0.5) is 0 Å². The first-order chi connectivity index (χ1) is 7.15. The van der Waals surface area contributed by atoms with Crippen molar-refractivity contribution in [3.05, 3.63) is 28.2 Å². The summed E-state index contributed by atoms with van der Waals surface area (Å²) < 4.78 is 0.891. The molecule has 0 aliphatic rings. The number of carbonyl (C=O) groups is 1. The van der Waals surface area contributed by atoms with Crippen LogP contribution in [0.5, 0.6) is 0 Å². The van der Waals surface area contributed by atoms with Crippen LogP contribution in [-0.2, 0) is 0 Å². The standard InChI is InChI=1S/C10H12BrNO2S/c11-7-2-3-8(10(13)14)9(6-7)15-5-1-4-12/h2-3,6H,1,4-5,12H2,(H,13,14). The second-order valence-electron chi connectivity index (χ2n) is 2.94. The minimum absolute atomic E-state index is 0.347. The van der Waals surface area contributed by atoms with Gasteiger partial charge in [0.25, 0.3) is 0 Å². The third kappa shape index (κ3) is 3.85. The number of halogens is 1. The molecule has 1 aromatic rings. The van der Waals surface area contributed by atoms with Gasteiger partial charge < -0.3 is 10.8 Å². The molecule has 0 radical (unpaired) electrons. The number of hydrogen-bond acceptors (Lipinski definition) is 3. The van der Waals surface area contributed by atoms with E-state index < -0.39 is 5.97 Å². The van der Waals surface area contributed by atoms with E-state index in [1.54, 1.807) is 12.1 Å². The van der Waals surface area contributed by atoms with Gasteiger partial charge in [0.1, 0.15) is 0 Å². The summed E-state index contributed by atoms with van der Waals surface area (Å²) in [5.41, 5.74) is 5.73. The van der Waals surface area contributed by atoms with Crippen molar-refractivity contribution in [3.8, 4) is 0 Å². The van der Waals surface area contributed by atoms with Crippen molar-refractivity contribution >= 4 is 33.7 Å². The number of rotatable bonds is 5. The summed E-state index contributed by atoms with van der Waals surface area (Å²) in [7, 11) is 0. The highest BCUT2D eigenvalue weighted by Crippen LogP contribution is 2.26. The van der Waals surface area contributed by atoms with E-state index >= 15 is 0 Å². The topological polar surface area (TPSA) is 63.3 Å². The number of carboxylic acids is 1. The highest BCUT2D eigenvalue weighted by Gasteiger charge is 2.10. The number of benzene rings is 1. The van der Waals surface area contributed by atoms with Gasteiger partial charge in [-0.2, -0.15) is 0 Å². The summed E-state index contributed by atoms with van der Waals surface area (Å²) in [6, 6.07) is 5.16. The molecule has 0 atom stereocenters. The molecular formula is C10H12BrNO2S. The fourth-order valence-electron chi connectivity index (χ4n) is 1.06. The minimum Gasteiger partial charge on any atom is -0.478 e. The summed E-state index contributed by atoms with van der Waals surface area (Å²) in [6.45, 7) is 0.628. The van der Waals surface area contributed by atoms with Crippen LogP contribution in [0.2, 0.25) is 0 Å². The van der Waals surface area contributed by atoms with Crippen LogP contribution < -0.4 is 5.73 Å². The lowest BCUT2D eigenvalue weighted by atomic mass is 10.2. The fraction of sp³-hybridized carbons (Fsp3) is 0.300. The van der Waals surface area contributed by atoms with E-state index in [2.05, 4.69) is 15.9 Å². The molecule has 1 aromatic carbocycles. The summed E-state index contributed by atoms with van der Waals surface area (Å²) in [6.07, 6.45) is 0.885. The van der Waals surface area contributed by atoms with Crippen molar-refractivity contribution in [2.75, 3.05) is 12.3 Å². The first kappa shape index (κ1) is 12.5. The second-order valence-corrected chi connectivity index (χ2v) is 4.99. The maximum absolute atomic E-state index is 10.9. The fourth-order valence-corrected chi connectivity index (χ4v) is 2.62. The molecule has 0 aliphatic heterocycles. The van der Waals surface area contributed by atoms with Gasteiger partial charge in [-0.25, -0.2) is 4.79 Å². The quantitative estimate of drug-likeness (QED) is 0.646. The van der Waals surface area contributed by atoms with Crippen molar-refractivity contribution in [1.82, 2.24) is 0 Å². The van der Waals surface area contributed by atoms with Crippen molar-refractivity contribution in [3.63, 3.8) is 0 Å². The molecule has 0 saturated carbocycles. The van der Waals surface area contributed by atoms with E-state index in [0.717, 1.165) is 21.5 Å². The Labute approximate surface area is 101 Å². The Morgan fingerprint density at radius 3 is 2.87 bits per heavy atom. The molecule has 0 saturated heterocycles. The summed E-state index contributed by atoms with van der Waals surface area (Å²) >= 11 is 4.85. The Kier molecular flexibility index (Phi) is 5.14. The summed E-state index contributed by atoms with van der Waals surface area (Å²) in [5, 5.41) is 8.96. The molecule has 82 valence electrons. The first-order valence-electron chi connectivity index (χ1n) is 4.51. The van der Waals surface area contributed by atoms with Crippen LogP contribution in [0.25, 0.3) is 0 Å². The third-order valence-corrected chi connectivity index (χ3v) is 3.41. The monoisotopic (exact) mass is 289 g/mol. The number of thioether (sulfide) groups is 1. The van der Waals surface area contributed by atoms with E-state index in [1.807, 2.05) is 6.07 Å². The summed E-state index contributed by atoms with van der Waals surface area (Å²) in [5.74, 6) is -0.0505. The predicted octanol–water partition coefficient (Wildman–Crippen LogP) is 2.59. The molecular weight excluding hydrogens is 278 g/mol. The van der Waals surface area contributed by atoms with Crippen LogP contribution in [0, 0.1) is 0 Å². The van der Waals surface area contributed by atoms with Gasteiger partial charge in [0.05, 0.1) is 5.56 Å². The van der Waals surface area contributed by atoms with Gasteiger partial charge in [-0.15, -0.1) is 11.8 Å². The smallest absolute Gasteiger partial charge is 0.336 e. The molecule has 3 nitrogen and oxygen atoms in total. The molecule has 3 N–H and O–H groups in total. The zero-order valence-electron chi connectivity index (χ0n) is 8.07. The lowest BCUT2D eigenvalue weighted by Gasteiger charge is -2.05. The average molecular weight is 290 g/mol. The molecule has 0 spiro atoms. The molecule has 1 rings (SSSR count). The highest BCUT2D eigenvalue weighted by atomic mass is 79.9. The molecule has 0 bridgehead atoms. The van der Waals surface area contributed by atoms with Gasteiger partial charge in [0.2, 0.25) is 0 Å². The largest absolute Gasteiger partial charge is 0.478 e. The normalized spacial score (nSPS) is 10.3. The van der Waals surface area contributed by atoms with Gasteiger partial charge in [0, 0.05) is 9.37 Å². The van der Waals surface area contributed by atoms with Crippen LogP contribution >= 0.6 is 27.7 Å². The number of aromatic carboxylic acids is 1. The Bertz CT molecular complexity index is 357. The van der Waals surface area contributed by atoms with E-state index in [-0.39, 0.29) is 0 Å². The van der Waals surface area contributed by atoms with Crippen molar-refractivity contribution in [2.24, 2.45) is 5.73 Å². The third-order valence-electron chi connectivity index (χ3n) is 1.78. The van der Waals surface area contributed by atoms with Crippen LogP contribution in [0.1, 0.15) is 16.8 Å². The molecule has 0 fully saturated rings. The SMILES string of the molecule is NCCCSc1cc(Br)ccc1C(=O)O. The molecule has 0 unspecified atom stereocenters. The molecule has 0 aromatic heterocycles. The van der Waals surface area contributed by atoms with Crippen molar-refractivity contribution in [2.45, 2.75) is 11.3 Å². The lowest BCUT2D eigenvalue weighted by Crippen LogP contribution is -2.01. The molecule has 5 heteroatoms. The van der Waals surface area contributed by atoms with Gasteiger partial charge in [0.15, 0.2) is 0 Å². The predicted molar refractivity (Wildman–Crippen MR) is 65.5 cm³/mol. The van der Waals surface area contributed by atoms with Gasteiger partial charge in [-0.05, 0) is 36.9 Å². The Morgan fingerprint density at radius 2 is 2.27 bits per heavy atom. The Balaban J connectivity index is 2.82. The maximum Gasteiger partial charge on any atom is 0.336 e. The number of hydrogen-bond donors (Lipinski definition) is 2. The zero-order valence-corrected chi connectivity index (χ0v) is 10.5. The minimum atomic E-state index is -0.891. The van der Waals surface area contributed by atoms with Gasteiger partial charge in [-0.3, -0.25) is 0 Å². The molecule has 15 heavy (non-hydrogen) atoms. The lowest BCUT2D eigenvalue weighted by molar-refractivity contribution is 0.0693. The van der Waals surface area contributed by atoms with Gasteiger partial charge >= 0.3 is 5.97 Å². The van der Waals surface area contributed by atoms with Crippen LogP contribution in [-0.4, -0.2) is 23.4 Å². The van der Waals surface area contributed by atoms with Gasteiger partial charge in [-0.1, -0.05) is 15.9 Å². The van der Waals surface area contributed by atoms with E-state index in [4.69, 9.17) is 10.8 Å². The second kappa shape index (κ2) is 6.15. The van der Waals surface area contributed by atoms with Crippen molar-refractivity contribution < 1.29 is 9.90 Å². The average Bonchev–Trinajstić information content (AvgIpc) is 2.18. The highest BCUT2D eigenvalue weighted by molar-refractivity contribution is 9.10. The van der Waals surface area contributed by atoms with Crippen molar-refractivity contribution in [1.29, 1.82) is 0 Å². The molecule has 0 aliphatic carbocycles. The number of nitrogens with two attached hydrogens (primary N) is 1. The van der Waals surface area contributed by atoms with E-state index in [0.29, 0.717) is 12.1 Å². The maximum atomic E-state index is 10.9. The van der Waals surface area contributed by atoms with Crippen LogP contribution in [0.15, 0.2) is 27.6 Å². The first-order valence-corrected chi connectivity index (χ1v) is 6.28. The molecule has 0 heterocycles. The van der Waals surface area contributed by atoms with Crippen LogP contribution in [0.3, 0.4) is 0 Å². The van der Waals surface area contributed by atoms with E-state index in [9.17, 15) is 4.79 Å². The zero-order chi connectivity index (χ0) is 11.3. The van der Waals surface area contributed by atoms with E-state index in [1.165, 1.54) is 11.8 Å². The summed E-state index contributed by atoms with van der Waals surface area (Å²) in [4.78, 5) is 11.7. The Hall–Kier alpha value is -0.520.